The summed E-state index contributed by atoms with van der Waals surface area (Å²) >= 11 is 0. The van der Waals surface area contributed by atoms with Gasteiger partial charge in [-0.15, -0.1) is 0 Å². The van der Waals surface area contributed by atoms with E-state index in [0.29, 0.717) is 6.54 Å². The average Bonchev–Trinajstić information content (AvgIpc) is 2.47. The Labute approximate surface area is 114 Å². The Balaban J connectivity index is 1.82. The number of likely N-dealkylation sites (N-methyl/N-ethyl adjacent to an activating group) is 1. The van der Waals surface area contributed by atoms with Gasteiger partial charge in [0.15, 0.2) is 0 Å². The molecule has 0 aromatic carbocycles. The SMILES string of the molecule is CN(CCc1ccncc1)Cc1ccc(CN)cn1. The van der Waals surface area contributed by atoms with Crippen LogP contribution in [0, 0.1) is 0 Å². The third-order valence-electron chi connectivity index (χ3n) is 3.09. The van der Waals surface area contributed by atoms with Crippen LogP contribution in [-0.4, -0.2) is 28.5 Å². The Morgan fingerprint density at radius 1 is 1.11 bits per heavy atom. The molecule has 0 radical (unpaired) electrons. The van der Waals surface area contributed by atoms with Gasteiger partial charge in [-0.2, -0.15) is 0 Å². The predicted molar refractivity (Wildman–Crippen MR) is 76.4 cm³/mol. The Kier molecular flexibility index (Phi) is 5.01. The highest BCUT2D eigenvalue weighted by atomic mass is 15.1. The normalized spacial score (nSPS) is 10.9. The minimum atomic E-state index is 0.547. The first-order valence-electron chi connectivity index (χ1n) is 6.49. The quantitative estimate of drug-likeness (QED) is 0.853. The van der Waals surface area contributed by atoms with Crippen LogP contribution in [0.25, 0.3) is 0 Å². The lowest BCUT2D eigenvalue weighted by Gasteiger charge is -2.16. The molecule has 0 atom stereocenters. The molecule has 0 amide bonds. The zero-order valence-electron chi connectivity index (χ0n) is 11.3. The molecule has 4 nitrogen and oxygen atoms in total. The fourth-order valence-electron chi connectivity index (χ4n) is 1.89. The fourth-order valence-corrected chi connectivity index (χ4v) is 1.89. The van der Waals surface area contributed by atoms with E-state index in [1.807, 2.05) is 30.7 Å². The maximum Gasteiger partial charge on any atom is 0.0544 e. The van der Waals surface area contributed by atoms with E-state index in [0.717, 1.165) is 30.8 Å². The largest absolute Gasteiger partial charge is 0.326 e. The standard InChI is InChI=1S/C15H20N4/c1-19(9-6-13-4-7-17-8-5-13)12-15-3-2-14(10-16)11-18-15/h2-5,7-8,11H,6,9-10,12,16H2,1H3. The Bertz CT molecular complexity index is 481. The van der Waals surface area contributed by atoms with Crippen LogP contribution in [0.1, 0.15) is 16.8 Å². The number of hydrogen-bond acceptors (Lipinski definition) is 4. The fraction of sp³-hybridized carbons (Fsp3) is 0.333. The van der Waals surface area contributed by atoms with Gasteiger partial charge in [-0.05, 0) is 42.8 Å². The van der Waals surface area contributed by atoms with E-state index in [1.165, 1.54) is 5.56 Å². The summed E-state index contributed by atoms with van der Waals surface area (Å²) in [6, 6.07) is 8.20. The summed E-state index contributed by atoms with van der Waals surface area (Å²) in [5.41, 5.74) is 9.02. The molecule has 2 rings (SSSR count). The van der Waals surface area contributed by atoms with Crippen LogP contribution in [0.3, 0.4) is 0 Å². The molecular weight excluding hydrogens is 236 g/mol. The smallest absolute Gasteiger partial charge is 0.0544 e. The van der Waals surface area contributed by atoms with E-state index >= 15 is 0 Å². The van der Waals surface area contributed by atoms with Gasteiger partial charge in [0.1, 0.15) is 0 Å². The molecule has 0 aliphatic rings. The first-order chi connectivity index (χ1) is 9.28. The Morgan fingerprint density at radius 2 is 1.89 bits per heavy atom. The van der Waals surface area contributed by atoms with E-state index in [-0.39, 0.29) is 0 Å². The van der Waals surface area contributed by atoms with Crippen LogP contribution in [0.5, 0.6) is 0 Å². The first kappa shape index (κ1) is 13.6. The molecule has 4 heteroatoms. The first-order valence-corrected chi connectivity index (χ1v) is 6.49. The van der Waals surface area contributed by atoms with Crippen LogP contribution in [0.15, 0.2) is 42.9 Å². The summed E-state index contributed by atoms with van der Waals surface area (Å²) in [5.74, 6) is 0. The average molecular weight is 256 g/mol. The zero-order chi connectivity index (χ0) is 13.5. The summed E-state index contributed by atoms with van der Waals surface area (Å²) < 4.78 is 0. The van der Waals surface area contributed by atoms with E-state index in [1.54, 1.807) is 0 Å². The number of nitrogens with two attached hydrogens (primary N) is 1. The summed E-state index contributed by atoms with van der Waals surface area (Å²) in [7, 11) is 2.11. The molecule has 0 saturated heterocycles. The van der Waals surface area contributed by atoms with Crippen LogP contribution < -0.4 is 5.73 Å². The van der Waals surface area contributed by atoms with Crippen molar-refractivity contribution in [1.29, 1.82) is 0 Å². The maximum absolute atomic E-state index is 5.56. The second kappa shape index (κ2) is 6.97. The summed E-state index contributed by atoms with van der Waals surface area (Å²) in [4.78, 5) is 10.7. The molecule has 19 heavy (non-hydrogen) atoms. The lowest BCUT2D eigenvalue weighted by Crippen LogP contribution is -2.21. The van der Waals surface area contributed by atoms with Crippen molar-refractivity contribution in [1.82, 2.24) is 14.9 Å². The molecule has 2 heterocycles. The minimum Gasteiger partial charge on any atom is -0.326 e. The highest BCUT2D eigenvalue weighted by Crippen LogP contribution is 2.04. The molecule has 0 spiro atoms. The van der Waals surface area contributed by atoms with E-state index < -0.39 is 0 Å². The molecular formula is C15H20N4. The van der Waals surface area contributed by atoms with Crippen molar-refractivity contribution in [2.45, 2.75) is 19.5 Å². The predicted octanol–water partition coefficient (Wildman–Crippen LogP) is 1.61. The second-order valence-corrected chi connectivity index (χ2v) is 4.71. The molecule has 2 aromatic rings. The topological polar surface area (TPSA) is 55.0 Å². The van der Waals surface area contributed by atoms with Gasteiger partial charge in [-0.3, -0.25) is 9.97 Å². The van der Waals surface area contributed by atoms with Gasteiger partial charge in [-0.1, -0.05) is 6.07 Å². The molecule has 0 aliphatic carbocycles. The highest BCUT2D eigenvalue weighted by molar-refractivity contribution is 5.14. The van der Waals surface area contributed by atoms with Crippen LogP contribution in [0.4, 0.5) is 0 Å². The summed E-state index contributed by atoms with van der Waals surface area (Å²) in [6.07, 6.45) is 6.55. The van der Waals surface area contributed by atoms with Crippen molar-refractivity contribution in [2.24, 2.45) is 5.73 Å². The van der Waals surface area contributed by atoms with Crippen molar-refractivity contribution >= 4 is 0 Å². The van der Waals surface area contributed by atoms with E-state index in [9.17, 15) is 0 Å². The summed E-state index contributed by atoms with van der Waals surface area (Å²) in [5, 5.41) is 0. The van der Waals surface area contributed by atoms with Crippen molar-refractivity contribution in [2.75, 3.05) is 13.6 Å². The molecule has 0 unspecified atom stereocenters. The number of pyridine rings is 2. The van der Waals surface area contributed by atoms with Crippen LogP contribution in [0.2, 0.25) is 0 Å². The third kappa shape index (κ3) is 4.43. The lowest BCUT2D eigenvalue weighted by atomic mass is 10.2. The van der Waals surface area contributed by atoms with Crippen molar-refractivity contribution in [3.05, 3.63) is 59.7 Å². The number of aromatic nitrogens is 2. The van der Waals surface area contributed by atoms with Gasteiger partial charge in [0.25, 0.3) is 0 Å². The van der Waals surface area contributed by atoms with E-state index in [2.05, 4.69) is 34.0 Å². The van der Waals surface area contributed by atoms with Gasteiger partial charge >= 0.3 is 0 Å². The number of hydrogen-bond donors (Lipinski definition) is 1. The minimum absolute atomic E-state index is 0.547. The summed E-state index contributed by atoms with van der Waals surface area (Å²) in [6.45, 7) is 2.41. The Morgan fingerprint density at radius 3 is 2.53 bits per heavy atom. The lowest BCUT2D eigenvalue weighted by molar-refractivity contribution is 0.327. The van der Waals surface area contributed by atoms with Crippen LogP contribution >= 0.6 is 0 Å². The second-order valence-electron chi connectivity index (χ2n) is 4.71. The van der Waals surface area contributed by atoms with Gasteiger partial charge in [0.05, 0.1) is 5.69 Å². The molecule has 0 fully saturated rings. The van der Waals surface area contributed by atoms with Gasteiger partial charge in [0.2, 0.25) is 0 Å². The monoisotopic (exact) mass is 256 g/mol. The van der Waals surface area contributed by atoms with Crippen LogP contribution in [-0.2, 0) is 19.5 Å². The molecule has 2 aromatic heterocycles. The van der Waals surface area contributed by atoms with E-state index in [4.69, 9.17) is 5.73 Å². The maximum atomic E-state index is 5.56. The molecule has 0 bridgehead atoms. The highest BCUT2D eigenvalue weighted by Gasteiger charge is 2.02. The van der Waals surface area contributed by atoms with Crippen molar-refractivity contribution in [3.63, 3.8) is 0 Å². The van der Waals surface area contributed by atoms with Gasteiger partial charge in [0, 0.05) is 38.2 Å². The number of nitrogens with zero attached hydrogens (tertiary/aromatic N) is 3. The Hall–Kier alpha value is -1.78. The molecule has 100 valence electrons. The van der Waals surface area contributed by atoms with Crippen molar-refractivity contribution in [3.8, 4) is 0 Å². The van der Waals surface area contributed by atoms with Gasteiger partial charge < -0.3 is 10.6 Å². The molecule has 0 saturated carbocycles. The molecule has 2 N–H and O–H groups in total. The number of rotatable bonds is 6. The third-order valence-corrected chi connectivity index (χ3v) is 3.09. The van der Waals surface area contributed by atoms with Gasteiger partial charge in [-0.25, -0.2) is 0 Å². The zero-order valence-corrected chi connectivity index (χ0v) is 11.3. The van der Waals surface area contributed by atoms with Crippen molar-refractivity contribution < 1.29 is 0 Å². The molecule has 0 aliphatic heterocycles.